The van der Waals surface area contributed by atoms with Crippen LogP contribution in [0.2, 0.25) is 0 Å². The molecule has 1 fully saturated rings. The van der Waals surface area contributed by atoms with E-state index in [1.54, 1.807) is 12.1 Å². The van der Waals surface area contributed by atoms with E-state index in [0.717, 1.165) is 6.42 Å². The molecule has 0 radical (unpaired) electrons. The zero-order valence-corrected chi connectivity index (χ0v) is 10.8. The van der Waals surface area contributed by atoms with Gasteiger partial charge in [-0.3, -0.25) is 0 Å². The maximum absolute atomic E-state index is 12.0. The normalized spacial score (nSPS) is 22.4. The third kappa shape index (κ3) is 2.68. The average molecular weight is 255 g/mol. The molecule has 0 aliphatic heterocycles. The molecule has 0 amide bonds. The summed E-state index contributed by atoms with van der Waals surface area (Å²) in [7, 11) is -3.42. The van der Waals surface area contributed by atoms with Crippen LogP contribution in [0.15, 0.2) is 29.2 Å². The lowest BCUT2D eigenvalue weighted by Gasteiger charge is -2.08. The first-order valence-electron chi connectivity index (χ1n) is 5.57. The Bertz CT molecular complexity index is 505. The summed E-state index contributed by atoms with van der Waals surface area (Å²) in [4.78, 5) is 0.248. The molecule has 4 nitrogen and oxygen atoms in total. The molecule has 1 aromatic rings. The third-order valence-electron chi connectivity index (χ3n) is 3.23. The van der Waals surface area contributed by atoms with Crippen molar-refractivity contribution in [3.05, 3.63) is 29.8 Å². The largest absolute Gasteiger partial charge is 0.392 e. The molecule has 17 heavy (non-hydrogen) atoms. The van der Waals surface area contributed by atoms with Crippen molar-refractivity contribution in [2.24, 2.45) is 5.41 Å². The second kappa shape index (κ2) is 4.08. The summed E-state index contributed by atoms with van der Waals surface area (Å²) >= 11 is 0. The first-order chi connectivity index (χ1) is 7.85. The van der Waals surface area contributed by atoms with Crippen LogP contribution >= 0.6 is 0 Å². The highest BCUT2D eigenvalue weighted by Crippen LogP contribution is 2.45. The number of hydrogen-bond acceptors (Lipinski definition) is 3. The minimum Gasteiger partial charge on any atom is -0.392 e. The molecule has 94 valence electrons. The van der Waals surface area contributed by atoms with Crippen molar-refractivity contribution in [1.82, 2.24) is 4.72 Å². The second-order valence-electron chi connectivity index (χ2n) is 5.17. The Labute approximate surface area is 102 Å². The summed E-state index contributed by atoms with van der Waals surface area (Å²) in [5.74, 6) is 0. The molecule has 2 N–H and O–H groups in total. The Hall–Kier alpha value is -0.910. The van der Waals surface area contributed by atoms with Crippen LogP contribution in [0.4, 0.5) is 0 Å². The van der Waals surface area contributed by atoms with Crippen molar-refractivity contribution in [3.8, 4) is 0 Å². The molecule has 1 atom stereocenters. The number of nitrogens with one attached hydrogen (secondary N) is 1. The fourth-order valence-electron chi connectivity index (χ4n) is 1.70. The zero-order chi connectivity index (χ0) is 12.7. The maximum Gasteiger partial charge on any atom is 0.240 e. The van der Waals surface area contributed by atoms with Crippen LogP contribution in [-0.2, 0) is 16.6 Å². The molecular weight excluding hydrogens is 238 g/mol. The van der Waals surface area contributed by atoms with E-state index in [9.17, 15) is 8.42 Å². The molecule has 0 bridgehead atoms. The number of hydrogen-bond donors (Lipinski definition) is 2. The lowest BCUT2D eigenvalue weighted by molar-refractivity contribution is 0.282. The molecule has 1 saturated carbocycles. The standard InChI is InChI=1S/C12H17NO3S/c1-12(2)7-11(12)13-17(15,16)10-5-3-9(8-14)4-6-10/h3-6,11,13-14H,7-8H2,1-2H3. The van der Waals surface area contributed by atoms with Crippen molar-refractivity contribution < 1.29 is 13.5 Å². The van der Waals surface area contributed by atoms with Crippen LogP contribution in [-0.4, -0.2) is 19.6 Å². The van der Waals surface area contributed by atoms with Crippen LogP contribution in [0.5, 0.6) is 0 Å². The number of aliphatic hydroxyl groups is 1. The third-order valence-corrected chi connectivity index (χ3v) is 4.71. The Kier molecular flexibility index (Phi) is 3.01. The van der Waals surface area contributed by atoms with Crippen LogP contribution in [0.1, 0.15) is 25.8 Å². The molecule has 0 heterocycles. The molecule has 0 spiro atoms. The Morgan fingerprint density at radius 3 is 2.29 bits per heavy atom. The monoisotopic (exact) mass is 255 g/mol. The van der Waals surface area contributed by atoms with Crippen LogP contribution in [0.3, 0.4) is 0 Å². The van der Waals surface area contributed by atoms with Gasteiger partial charge in [0, 0.05) is 6.04 Å². The van der Waals surface area contributed by atoms with Crippen LogP contribution in [0, 0.1) is 5.41 Å². The topological polar surface area (TPSA) is 66.4 Å². The minimum atomic E-state index is -3.42. The number of rotatable bonds is 4. The van der Waals surface area contributed by atoms with E-state index in [2.05, 4.69) is 4.72 Å². The first-order valence-corrected chi connectivity index (χ1v) is 7.06. The number of sulfonamides is 1. The fraction of sp³-hybridized carbons (Fsp3) is 0.500. The summed E-state index contributed by atoms with van der Waals surface area (Å²) in [5, 5.41) is 8.89. The van der Waals surface area contributed by atoms with E-state index >= 15 is 0 Å². The Balaban J connectivity index is 2.14. The summed E-state index contributed by atoms with van der Waals surface area (Å²) in [6, 6.07) is 6.30. The molecule has 1 unspecified atom stereocenters. The Morgan fingerprint density at radius 1 is 1.35 bits per heavy atom. The highest BCUT2D eigenvalue weighted by atomic mass is 32.2. The molecule has 5 heteroatoms. The van der Waals surface area contributed by atoms with Crippen molar-refractivity contribution in [2.75, 3.05) is 0 Å². The van der Waals surface area contributed by atoms with Gasteiger partial charge in [-0.2, -0.15) is 0 Å². The molecule has 0 aromatic heterocycles. The second-order valence-corrected chi connectivity index (χ2v) is 6.88. The predicted octanol–water partition coefficient (Wildman–Crippen LogP) is 1.26. The molecular formula is C12H17NO3S. The van der Waals surface area contributed by atoms with Crippen molar-refractivity contribution >= 4 is 10.0 Å². The van der Waals surface area contributed by atoms with Gasteiger partial charge >= 0.3 is 0 Å². The summed E-state index contributed by atoms with van der Waals surface area (Å²) < 4.78 is 26.7. The molecule has 0 saturated heterocycles. The minimum absolute atomic E-state index is 0.0324. The van der Waals surface area contributed by atoms with E-state index in [0.29, 0.717) is 5.56 Å². The van der Waals surface area contributed by atoms with Gasteiger partial charge in [-0.05, 0) is 29.5 Å². The summed E-state index contributed by atoms with van der Waals surface area (Å²) in [5.41, 5.74) is 0.772. The van der Waals surface area contributed by atoms with Crippen molar-refractivity contribution in [3.63, 3.8) is 0 Å². The maximum atomic E-state index is 12.0. The molecule has 1 aliphatic rings. The van der Waals surface area contributed by atoms with Gasteiger partial charge in [0.05, 0.1) is 11.5 Å². The molecule has 2 rings (SSSR count). The lowest BCUT2D eigenvalue weighted by atomic mass is 10.2. The van der Waals surface area contributed by atoms with Gasteiger partial charge < -0.3 is 5.11 Å². The number of benzene rings is 1. The van der Waals surface area contributed by atoms with Gasteiger partial charge in [0.15, 0.2) is 0 Å². The van der Waals surface area contributed by atoms with E-state index in [1.165, 1.54) is 12.1 Å². The van der Waals surface area contributed by atoms with Crippen LogP contribution in [0.25, 0.3) is 0 Å². The summed E-state index contributed by atoms with van der Waals surface area (Å²) in [6.45, 7) is 3.99. The van der Waals surface area contributed by atoms with Gasteiger partial charge in [0.25, 0.3) is 0 Å². The fourth-order valence-corrected chi connectivity index (χ4v) is 3.11. The van der Waals surface area contributed by atoms with Crippen molar-refractivity contribution in [1.29, 1.82) is 0 Å². The highest BCUT2D eigenvalue weighted by Gasteiger charge is 2.47. The molecule has 1 aromatic carbocycles. The zero-order valence-electron chi connectivity index (χ0n) is 9.97. The smallest absolute Gasteiger partial charge is 0.240 e. The Morgan fingerprint density at radius 2 is 1.88 bits per heavy atom. The molecule has 1 aliphatic carbocycles. The van der Waals surface area contributed by atoms with Gasteiger partial charge in [0.1, 0.15) is 0 Å². The summed E-state index contributed by atoms with van der Waals surface area (Å²) in [6.07, 6.45) is 0.876. The van der Waals surface area contributed by atoms with Crippen LogP contribution < -0.4 is 4.72 Å². The van der Waals surface area contributed by atoms with E-state index in [4.69, 9.17) is 5.11 Å². The van der Waals surface area contributed by atoms with E-state index in [1.807, 2.05) is 13.8 Å². The van der Waals surface area contributed by atoms with Gasteiger partial charge in [-0.25, -0.2) is 13.1 Å². The lowest BCUT2D eigenvalue weighted by Crippen LogP contribution is -2.28. The highest BCUT2D eigenvalue weighted by molar-refractivity contribution is 7.89. The average Bonchev–Trinajstić information content (AvgIpc) is 2.85. The SMILES string of the molecule is CC1(C)CC1NS(=O)(=O)c1ccc(CO)cc1. The van der Waals surface area contributed by atoms with Gasteiger partial charge in [-0.15, -0.1) is 0 Å². The van der Waals surface area contributed by atoms with E-state index in [-0.39, 0.29) is 23.0 Å². The van der Waals surface area contributed by atoms with Gasteiger partial charge in [0.2, 0.25) is 10.0 Å². The number of aliphatic hydroxyl groups excluding tert-OH is 1. The van der Waals surface area contributed by atoms with Gasteiger partial charge in [-0.1, -0.05) is 26.0 Å². The predicted molar refractivity (Wildman–Crippen MR) is 64.9 cm³/mol. The quantitative estimate of drug-likeness (QED) is 0.851. The van der Waals surface area contributed by atoms with E-state index < -0.39 is 10.0 Å². The first kappa shape index (κ1) is 12.5. The van der Waals surface area contributed by atoms with Crippen molar-refractivity contribution in [2.45, 2.75) is 37.8 Å².